The molecule has 0 aliphatic rings. The minimum Gasteiger partial charge on any atom is -0.356 e. The van der Waals surface area contributed by atoms with Crippen LogP contribution in [-0.2, 0) is 6.18 Å². The van der Waals surface area contributed by atoms with Gasteiger partial charge in [0.1, 0.15) is 5.82 Å². The first-order valence-electron chi connectivity index (χ1n) is 4.02. The lowest BCUT2D eigenvalue weighted by molar-refractivity contribution is -0.136. The van der Waals surface area contributed by atoms with Gasteiger partial charge in [0.05, 0.1) is 16.6 Å². The summed E-state index contributed by atoms with van der Waals surface area (Å²) < 4.78 is 55.0. The highest BCUT2D eigenvalue weighted by molar-refractivity contribution is 5.83. The van der Waals surface area contributed by atoms with E-state index in [0.717, 1.165) is 6.07 Å². The molecule has 0 unspecified atom stereocenters. The third kappa shape index (κ3) is 1.55. The Kier molecular flexibility index (Phi) is 1.95. The van der Waals surface area contributed by atoms with Crippen molar-refractivity contribution in [2.24, 2.45) is 0 Å². The van der Waals surface area contributed by atoms with E-state index in [1.165, 1.54) is 6.92 Å². The van der Waals surface area contributed by atoms with Crippen LogP contribution in [0, 0.1) is 12.7 Å². The average molecular weight is 219 g/mol. The molecule has 0 aliphatic heterocycles. The van der Waals surface area contributed by atoms with Crippen molar-refractivity contribution in [3.05, 3.63) is 29.2 Å². The molecule has 80 valence electrons. The molecule has 0 radical (unpaired) electrons. The largest absolute Gasteiger partial charge is 0.417 e. The van der Waals surface area contributed by atoms with E-state index >= 15 is 0 Å². The highest BCUT2D eigenvalue weighted by atomic mass is 19.4. The Bertz CT molecular complexity index is 515. The standard InChI is InChI=1S/C9H5F4NO/c1-4-8-6(9(11,12)13)2-5(10)3-7(8)15-14-4/h2-3H,1H3. The lowest BCUT2D eigenvalue weighted by Crippen LogP contribution is -2.06. The molecule has 1 heterocycles. The first-order chi connectivity index (χ1) is 6.89. The van der Waals surface area contributed by atoms with Gasteiger partial charge in [-0.05, 0) is 13.0 Å². The van der Waals surface area contributed by atoms with Crippen LogP contribution in [0.15, 0.2) is 16.7 Å². The van der Waals surface area contributed by atoms with E-state index in [1.54, 1.807) is 0 Å². The van der Waals surface area contributed by atoms with E-state index in [0.29, 0.717) is 6.07 Å². The van der Waals surface area contributed by atoms with Crippen LogP contribution in [0.2, 0.25) is 0 Å². The summed E-state index contributed by atoms with van der Waals surface area (Å²) >= 11 is 0. The fraction of sp³-hybridized carbons (Fsp3) is 0.222. The SMILES string of the molecule is Cc1noc2cc(F)cc(C(F)(F)F)c12. The second-order valence-electron chi connectivity index (χ2n) is 3.09. The summed E-state index contributed by atoms with van der Waals surface area (Å²) in [5, 5.41) is 3.18. The third-order valence-corrected chi connectivity index (χ3v) is 2.02. The molecule has 0 spiro atoms. The maximum atomic E-state index is 12.8. The van der Waals surface area contributed by atoms with Crippen molar-refractivity contribution in [2.45, 2.75) is 13.1 Å². The van der Waals surface area contributed by atoms with Gasteiger partial charge >= 0.3 is 6.18 Å². The predicted octanol–water partition coefficient (Wildman–Crippen LogP) is 3.29. The van der Waals surface area contributed by atoms with Gasteiger partial charge in [0, 0.05) is 6.07 Å². The van der Waals surface area contributed by atoms with Crippen molar-refractivity contribution < 1.29 is 22.1 Å². The van der Waals surface area contributed by atoms with Gasteiger partial charge in [-0.2, -0.15) is 13.2 Å². The van der Waals surface area contributed by atoms with Gasteiger partial charge in [-0.25, -0.2) is 4.39 Å². The molecule has 0 N–H and O–H groups in total. The molecule has 0 fully saturated rings. The molecule has 2 rings (SSSR count). The molecule has 2 aromatic rings. The number of benzene rings is 1. The molecule has 0 bridgehead atoms. The zero-order valence-electron chi connectivity index (χ0n) is 7.52. The first kappa shape index (κ1) is 9.95. The van der Waals surface area contributed by atoms with E-state index in [4.69, 9.17) is 0 Å². The number of aromatic nitrogens is 1. The van der Waals surface area contributed by atoms with Crippen LogP contribution in [0.4, 0.5) is 17.6 Å². The number of alkyl halides is 3. The van der Waals surface area contributed by atoms with E-state index in [-0.39, 0.29) is 16.7 Å². The molecule has 6 heteroatoms. The second-order valence-corrected chi connectivity index (χ2v) is 3.09. The summed E-state index contributed by atoms with van der Waals surface area (Å²) in [5.41, 5.74) is -1.16. The van der Waals surface area contributed by atoms with Crippen LogP contribution < -0.4 is 0 Å². The molecular weight excluding hydrogens is 214 g/mol. The summed E-state index contributed by atoms with van der Waals surface area (Å²) in [5.74, 6) is -0.994. The van der Waals surface area contributed by atoms with Crippen LogP contribution >= 0.6 is 0 Å². The first-order valence-corrected chi connectivity index (χ1v) is 4.02. The maximum Gasteiger partial charge on any atom is 0.417 e. The molecular formula is C9H5F4NO. The van der Waals surface area contributed by atoms with Crippen LogP contribution in [0.5, 0.6) is 0 Å². The van der Waals surface area contributed by atoms with Crippen LogP contribution in [-0.4, -0.2) is 5.16 Å². The second kappa shape index (κ2) is 2.95. The number of hydrogen-bond donors (Lipinski definition) is 0. The third-order valence-electron chi connectivity index (χ3n) is 2.02. The number of nitrogens with zero attached hydrogens (tertiary/aromatic N) is 1. The number of hydrogen-bond acceptors (Lipinski definition) is 2. The smallest absolute Gasteiger partial charge is 0.356 e. The molecule has 0 saturated heterocycles. The van der Waals surface area contributed by atoms with Gasteiger partial charge in [0.15, 0.2) is 5.58 Å². The van der Waals surface area contributed by atoms with Gasteiger partial charge in [-0.15, -0.1) is 0 Å². The van der Waals surface area contributed by atoms with Crippen LogP contribution in [0.1, 0.15) is 11.3 Å². The van der Waals surface area contributed by atoms with E-state index in [2.05, 4.69) is 9.68 Å². The molecule has 0 saturated carbocycles. The number of fused-ring (bicyclic) bond motifs is 1. The van der Waals surface area contributed by atoms with Crippen molar-refractivity contribution in [1.29, 1.82) is 0 Å². The molecule has 1 aromatic heterocycles. The molecule has 0 atom stereocenters. The Balaban J connectivity index is 2.87. The van der Waals surface area contributed by atoms with Crippen molar-refractivity contribution in [1.82, 2.24) is 5.16 Å². The lowest BCUT2D eigenvalue weighted by Gasteiger charge is -2.07. The Morgan fingerprint density at radius 1 is 1.27 bits per heavy atom. The predicted molar refractivity (Wildman–Crippen MR) is 43.7 cm³/mol. The van der Waals surface area contributed by atoms with Crippen LogP contribution in [0.25, 0.3) is 11.0 Å². The normalized spacial score (nSPS) is 12.3. The van der Waals surface area contributed by atoms with E-state index in [1.807, 2.05) is 0 Å². The van der Waals surface area contributed by atoms with E-state index < -0.39 is 17.6 Å². The van der Waals surface area contributed by atoms with Gasteiger partial charge in [-0.3, -0.25) is 0 Å². The Morgan fingerprint density at radius 2 is 1.93 bits per heavy atom. The van der Waals surface area contributed by atoms with Gasteiger partial charge in [-0.1, -0.05) is 5.16 Å². The van der Waals surface area contributed by atoms with Crippen molar-refractivity contribution in [3.8, 4) is 0 Å². The zero-order valence-corrected chi connectivity index (χ0v) is 7.52. The Morgan fingerprint density at radius 3 is 2.53 bits per heavy atom. The summed E-state index contributed by atoms with van der Waals surface area (Å²) in [6, 6.07) is 1.32. The topological polar surface area (TPSA) is 26.0 Å². The summed E-state index contributed by atoms with van der Waals surface area (Å²) in [4.78, 5) is 0. The molecule has 2 nitrogen and oxygen atoms in total. The van der Waals surface area contributed by atoms with E-state index in [9.17, 15) is 17.6 Å². The highest BCUT2D eigenvalue weighted by Gasteiger charge is 2.35. The molecule has 1 aromatic carbocycles. The number of aryl methyl sites for hydroxylation is 1. The van der Waals surface area contributed by atoms with Crippen molar-refractivity contribution in [3.63, 3.8) is 0 Å². The molecule has 0 aliphatic carbocycles. The summed E-state index contributed by atoms with van der Waals surface area (Å²) in [7, 11) is 0. The fourth-order valence-electron chi connectivity index (χ4n) is 1.41. The molecule has 15 heavy (non-hydrogen) atoms. The van der Waals surface area contributed by atoms with Gasteiger partial charge in [0.2, 0.25) is 0 Å². The maximum absolute atomic E-state index is 12.8. The van der Waals surface area contributed by atoms with Crippen molar-refractivity contribution >= 4 is 11.0 Å². The Hall–Kier alpha value is -1.59. The number of halogens is 4. The quantitative estimate of drug-likeness (QED) is 0.635. The monoisotopic (exact) mass is 219 g/mol. The minimum absolute atomic E-state index is 0.0947. The van der Waals surface area contributed by atoms with Crippen molar-refractivity contribution in [2.75, 3.05) is 0 Å². The lowest BCUT2D eigenvalue weighted by atomic mass is 10.1. The fourth-order valence-corrected chi connectivity index (χ4v) is 1.41. The van der Waals surface area contributed by atoms with Crippen LogP contribution in [0.3, 0.4) is 0 Å². The van der Waals surface area contributed by atoms with Gasteiger partial charge < -0.3 is 4.52 Å². The molecule has 0 amide bonds. The average Bonchev–Trinajstić information content (AvgIpc) is 2.44. The number of rotatable bonds is 0. The van der Waals surface area contributed by atoms with Gasteiger partial charge in [0.25, 0.3) is 0 Å². The summed E-state index contributed by atoms with van der Waals surface area (Å²) in [6.07, 6.45) is -4.61. The Labute approximate surface area is 81.5 Å². The zero-order chi connectivity index (χ0) is 11.2. The minimum atomic E-state index is -4.61. The summed E-state index contributed by atoms with van der Waals surface area (Å²) in [6.45, 7) is 1.37. The highest BCUT2D eigenvalue weighted by Crippen LogP contribution is 2.36.